The number of benzene rings is 3. The Balaban J connectivity index is 1.61. The molecule has 4 nitrogen and oxygen atoms in total. The number of fused-ring (bicyclic) bond motifs is 2. The van der Waals surface area contributed by atoms with Gasteiger partial charge in [0, 0.05) is 22.2 Å². The van der Waals surface area contributed by atoms with Crippen molar-refractivity contribution in [3.8, 4) is 11.3 Å². The zero-order valence-electron chi connectivity index (χ0n) is 16.3. The van der Waals surface area contributed by atoms with E-state index in [1.807, 2.05) is 36.4 Å². The smallest absolute Gasteiger partial charge is 0.196 e. The van der Waals surface area contributed by atoms with Crippen molar-refractivity contribution in [3.63, 3.8) is 0 Å². The zero-order chi connectivity index (χ0) is 19.8. The van der Waals surface area contributed by atoms with Crippen molar-refractivity contribution >= 4 is 28.1 Å². The van der Waals surface area contributed by atoms with Gasteiger partial charge in [0.2, 0.25) is 0 Å². The number of rotatable bonds is 5. The molecular weight excluding hydrogens is 358 g/mol. The van der Waals surface area contributed by atoms with Crippen LogP contribution in [0.15, 0.2) is 67.0 Å². The second kappa shape index (κ2) is 7.13. The molecule has 5 rings (SSSR count). The second-order valence-corrected chi connectivity index (χ2v) is 7.40. The molecule has 1 aliphatic rings. The van der Waals surface area contributed by atoms with Crippen LogP contribution in [-0.2, 0) is 6.42 Å². The Morgan fingerprint density at radius 1 is 0.897 bits per heavy atom. The molecule has 0 unspecified atom stereocenters. The third-order valence-electron chi connectivity index (χ3n) is 5.51. The summed E-state index contributed by atoms with van der Waals surface area (Å²) in [6.07, 6.45) is 5.04. The zero-order valence-corrected chi connectivity index (χ0v) is 16.3. The average molecular weight is 379 g/mol. The van der Waals surface area contributed by atoms with E-state index in [1.165, 1.54) is 18.4 Å². The average Bonchev–Trinajstić information content (AvgIpc) is 2.77. The molecule has 0 saturated carbocycles. The van der Waals surface area contributed by atoms with Crippen molar-refractivity contribution in [2.24, 2.45) is 0 Å². The largest absolute Gasteiger partial charge is 0.355 e. The summed E-state index contributed by atoms with van der Waals surface area (Å²) >= 11 is 0. The monoisotopic (exact) mass is 379 g/mol. The fourth-order valence-electron chi connectivity index (χ4n) is 4.01. The number of hydrogen-bond acceptors (Lipinski definition) is 4. The van der Waals surface area contributed by atoms with E-state index >= 15 is 0 Å². The molecule has 0 fully saturated rings. The summed E-state index contributed by atoms with van der Waals surface area (Å²) in [6.45, 7) is 2.20. The van der Waals surface area contributed by atoms with E-state index in [1.54, 1.807) is 6.33 Å². The van der Waals surface area contributed by atoms with E-state index in [2.05, 4.69) is 46.5 Å². The van der Waals surface area contributed by atoms with E-state index in [4.69, 9.17) is 0 Å². The van der Waals surface area contributed by atoms with Crippen LogP contribution in [0.5, 0.6) is 0 Å². The first-order valence-electron chi connectivity index (χ1n) is 10.0. The number of aryl methyl sites for hydroxylation is 1. The molecule has 142 valence electrons. The molecule has 0 amide bonds. The normalized spacial score (nSPS) is 12.1. The highest BCUT2D eigenvalue weighted by Gasteiger charge is 2.28. The lowest BCUT2D eigenvalue weighted by atomic mass is 9.86. The lowest BCUT2D eigenvalue weighted by Crippen LogP contribution is -2.13. The van der Waals surface area contributed by atoms with Gasteiger partial charge < -0.3 is 5.32 Å². The Hall–Kier alpha value is -3.53. The molecule has 0 aliphatic heterocycles. The summed E-state index contributed by atoms with van der Waals surface area (Å²) in [5.74, 6) is 0.00978. The van der Waals surface area contributed by atoms with Crippen molar-refractivity contribution in [2.45, 2.75) is 26.2 Å². The summed E-state index contributed by atoms with van der Waals surface area (Å²) in [7, 11) is 0. The summed E-state index contributed by atoms with van der Waals surface area (Å²) in [5.41, 5.74) is 6.89. The van der Waals surface area contributed by atoms with Gasteiger partial charge in [-0.3, -0.25) is 4.79 Å². The lowest BCUT2D eigenvalue weighted by Gasteiger charge is -2.21. The molecule has 0 atom stereocenters. The van der Waals surface area contributed by atoms with Crippen LogP contribution in [0.3, 0.4) is 0 Å². The number of ketones is 1. The highest BCUT2D eigenvalue weighted by Crippen LogP contribution is 2.40. The number of carbonyl (C=O) groups excluding carboxylic acids is 1. The van der Waals surface area contributed by atoms with Gasteiger partial charge in [-0.25, -0.2) is 9.97 Å². The molecule has 29 heavy (non-hydrogen) atoms. The number of aromatic nitrogens is 2. The number of unbranched alkanes of at least 4 members (excludes halogenated alkanes) is 1. The first-order chi connectivity index (χ1) is 14.3. The van der Waals surface area contributed by atoms with Gasteiger partial charge in [0.1, 0.15) is 6.33 Å². The third kappa shape index (κ3) is 2.97. The predicted molar refractivity (Wildman–Crippen MR) is 117 cm³/mol. The molecule has 0 bridgehead atoms. The van der Waals surface area contributed by atoms with E-state index in [9.17, 15) is 4.79 Å². The van der Waals surface area contributed by atoms with Crippen molar-refractivity contribution in [1.29, 1.82) is 0 Å². The van der Waals surface area contributed by atoms with Crippen LogP contribution in [0.4, 0.5) is 11.4 Å². The number of nitrogens with one attached hydrogen (secondary N) is 1. The van der Waals surface area contributed by atoms with Crippen LogP contribution < -0.4 is 5.32 Å². The van der Waals surface area contributed by atoms with Crippen LogP contribution in [-0.4, -0.2) is 15.8 Å². The standard InChI is InChI=1S/C25H21N3O/c1-2-3-6-16-9-11-17(12-10-16)28-21-14-13-20-22-23(21)25(29)19-8-5-4-7-18(19)24(22)27-15-26-20/h4-5,7-15,28H,2-3,6H2,1H3. The first-order valence-corrected chi connectivity index (χ1v) is 10.0. The van der Waals surface area contributed by atoms with Gasteiger partial charge >= 0.3 is 0 Å². The molecule has 4 heteroatoms. The Kier molecular flexibility index (Phi) is 4.32. The molecule has 1 N–H and O–H groups in total. The Bertz CT molecular complexity index is 1230. The fraction of sp³-hybridized carbons (Fsp3) is 0.160. The third-order valence-corrected chi connectivity index (χ3v) is 5.51. The Morgan fingerprint density at radius 3 is 2.48 bits per heavy atom. The van der Waals surface area contributed by atoms with Crippen LogP contribution in [0.1, 0.15) is 41.3 Å². The minimum absolute atomic E-state index is 0.00978. The van der Waals surface area contributed by atoms with Crippen LogP contribution in [0, 0.1) is 0 Å². The van der Waals surface area contributed by atoms with Crippen molar-refractivity contribution in [2.75, 3.05) is 5.32 Å². The number of carbonyl (C=O) groups is 1. The van der Waals surface area contributed by atoms with Gasteiger partial charge in [-0.1, -0.05) is 49.7 Å². The maximum absolute atomic E-state index is 13.4. The molecular formula is C25H21N3O. The van der Waals surface area contributed by atoms with Gasteiger partial charge in [0.25, 0.3) is 0 Å². The fourth-order valence-corrected chi connectivity index (χ4v) is 4.01. The number of anilines is 2. The van der Waals surface area contributed by atoms with Crippen LogP contribution in [0.25, 0.3) is 22.2 Å². The molecule has 0 radical (unpaired) electrons. The van der Waals surface area contributed by atoms with Gasteiger partial charge in [-0.15, -0.1) is 0 Å². The van der Waals surface area contributed by atoms with E-state index in [0.717, 1.165) is 40.0 Å². The summed E-state index contributed by atoms with van der Waals surface area (Å²) in [5, 5.41) is 4.26. The quantitative estimate of drug-likeness (QED) is 0.411. The lowest BCUT2D eigenvalue weighted by molar-refractivity contribution is 0.104. The van der Waals surface area contributed by atoms with E-state index in [-0.39, 0.29) is 5.78 Å². The van der Waals surface area contributed by atoms with Crippen LogP contribution >= 0.6 is 0 Å². The minimum Gasteiger partial charge on any atom is -0.355 e. The van der Waals surface area contributed by atoms with Crippen molar-refractivity contribution < 1.29 is 4.79 Å². The highest BCUT2D eigenvalue weighted by atomic mass is 16.1. The van der Waals surface area contributed by atoms with Crippen LogP contribution in [0.2, 0.25) is 0 Å². The summed E-state index contributed by atoms with van der Waals surface area (Å²) in [4.78, 5) is 22.3. The second-order valence-electron chi connectivity index (χ2n) is 7.40. The number of nitrogens with zero attached hydrogens (tertiary/aromatic N) is 2. The van der Waals surface area contributed by atoms with Crippen molar-refractivity contribution in [3.05, 3.63) is 83.7 Å². The summed E-state index contributed by atoms with van der Waals surface area (Å²) < 4.78 is 0. The Morgan fingerprint density at radius 2 is 1.69 bits per heavy atom. The van der Waals surface area contributed by atoms with E-state index in [0.29, 0.717) is 11.1 Å². The van der Waals surface area contributed by atoms with Gasteiger partial charge in [-0.2, -0.15) is 0 Å². The molecule has 1 aliphatic carbocycles. The molecule has 4 aromatic rings. The molecule has 1 heterocycles. The molecule has 0 saturated heterocycles. The topological polar surface area (TPSA) is 54.9 Å². The molecule has 1 aromatic heterocycles. The van der Waals surface area contributed by atoms with Gasteiger partial charge in [0.05, 0.1) is 22.5 Å². The number of hydrogen-bond donors (Lipinski definition) is 1. The SMILES string of the molecule is CCCCc1ccc(Nc2ccc3ncnc4c3c2C(=O)c2ccccc2-4)cc1. The highest BCUT2D eigenvalue weighted by molar-refractivity contribution is 6.27. The molecule has 3 aromatic carbocycles. The summed E-state index contributed by atoms with van der Waals surface area (Å²) in [6, 6.07) is 20.0. The first kappa shape index (κ1) is 17.6. The maximum atomic E-state index is 13.4. The predicted octanol–water partition coefficient (Wildman–Crippen LogP) is 5.93. The minimum atomic E-state index is 0.00978. The van der Waals surface area contributed by atoms with Gasteiger partial charge in [-0.05, 0) is 42.7 Å². The Labute approximate surface area is 169 Å². The van der Waals surface area contributed by atoms with Crippen molar-refractivity contribution in [1.82, 2.24) is 9.97 Å². The van der Waals surface area contributed by atoms with E-state index < -0.39 is 0 Å². The maximum Gasteiger partial charge on any atom is 0.196 e. The van der Waals surface area contributed by atoms with Gasteiger partial charge in [0.15, 0.2) is 5.78 Å². The molecule has 0 spiro atoms.